The van der Waals surface area contributed by atoms with Crippen molar-refractivity contribution in [2.45, 2.75) is 19.8 Å². The van der Waals surface area contributed by atoms with Crippen molar-refractivity contribution >= 4 is 15.9 Å². The summed E-state index contributed by atoms with van der Waals surface area (Å²) in [6, 6.07) is 7.84. The van der Waals surface area contributed by atoms with Crippen LogP contribution in [0.2, 0.25) is 0 Å². The van der Waals surface area contributed by atoms with E-state index < -0.39 is 0 Å². The molecule has 4 nitrogen and oxygen atoms in total. The third-order valence-corrected chi connectivity index (χ3v) is 3.08. The van der Waals surface area contributed by atoms with E-state index in [0.717, 1.165) is 36.0 Å². The Morgan fingerprint density at radius 1 is 1.22 bits per heavy atom. The molecule has 18 heavy (non-hydrogen) atoms. The van der Waals surface area contributed by atoms with Crippen molar-refractivity contribution in [2.75, 3.05) is 13.1 Å². The van der Waals surface area contributed by atoms with E-state index >= 15 is 0 Å². The molecule has 0 amide bonds. The van der Waals surface area contributed by atoms with Gasteiger partial charge in [0.1, 0.15) is 0 Å². The zero-order valence-electron chi connectivity index (χ0n) is 10.3. The van der Waals surface area contributed by atoms with Gasteiger partial charge >= 0.3 is 0 Å². The van der Waals surface area contributed by atoms with Crippen molar-refractivity contribution in [1.82, 2.24) is 15.5 Å². The quantitative estimate of drug-likeness (QED) is 0.833. The van der Waals surface area contributed by atoms with Crippen LogP contribution in [0.5, 0.6) is 0 Å². The Kier molecular flexibility index (Phi) is 4.90. The zero-order chi connectivity index (χ0) is 12.8. The number of aromatic nitrogens is 2. The van der Waals surface area contributed by atoms with E-state index in [1.165, 1.54) is 0 Å². The topological polar surface area (TPSA) is 51.0 Å². The van der Waals surface area contributed by atoms with Crippen LogP contribution in [0, 0.1) is 0 Å². The Hall–Kier alpha value is -1.20. The molecule has 2 aromatic rings. The smallest absolute Gasteiger partial charge is 0.247 e. The van der Waals surface area contributed by atoms with Crippen molar-refractivity contribution in [3.05, 3.63) is 34.6 Å². The van der Waals surface area contributed by atoms with Crippen LogP contribution < -0.4 is 5.32 Å². The molecule has 0 atom stereocenters. The Balaban J connectivity index is 1.95. The highest BCUT2D eigenvalue weighted by Crippen LogP contribution is 2.20. The van der Waals surface area contributed by atoms with Gasteiger partial charge in [-0.1, -0.05) is 22.9 Å². The molecule has 5 heteroatoms. The lowest BCUT2D eigenvalue weighted by Gasteiger charge is -1.98. The van der Waals surface area contributed by atoms with Crippen LogP contribution >= 0.6 is 15.9 Å². The van der Waals surface area contributed by atoms with Crippen LogP contribution in [0.1, 0.15) is 19.2 Å². The van der Waals surface area contributed by atoms with Crippen molar-refractivity contribution in [2.24, 2.45) is 0 Å². The molecule has 2 rings (SSSR count). The van der Waals surface area contributed by atoms with Crippen LogP contribution in [-0.4, -0.2) is 23.3 Å². The first-order valence-corrected chi connectivity index (χ1v) is 6.88. The van der Waals surface area contributed by atoms with Gasteiger partial charge < -0.3 is 9.73 Å². The molecule has 1 aromatic heterocycles. The van der Waals surface area contributed by atoms with Gasteiger partial charge in [0.05, 0.1) is 0 Å². The molecule has 96 valence electrons. The molecule has 1 heterocycles. The second-order valence-corrected chi connectivity index (χ2v) is 4.88. The number of hydrogen-bond acceptors (Lipinski definition) is 4. The minimum absolute atomic E-state index is 0.584. The molecular weight excluding hydrogens is 294 g/mol. The summed E-state index contributed by atoms with van der Waals surface area (Å²) >= 11 is 3.40. The summed E-state index contributed by atoms with van der Waals surface area (Å²) < 4.78 is 6.66. The number of rotatable bonds is 6. The molecule has 0 saturated heterocycles. The summed E-state index contributed by atoms with van der Waals surface area (Å²) in [7, 11) is 0. The summed E-state index contributed by atoms with van der Waals surface area (Å²) in [4.78, 5) is 0. The van der Waals surface area contributed by atoms with Gasteiger partial charge in [-0.05, 0) is 43.8 Å². The van der Waals surface area contributed by atoms with Gasteiger partial charge in [0, 0.05) is 16.5 Å². The lowest BCUT2D eigenvalue weighted by molar-refractivity contribution is 0.492. The van der Waals surface area contributed by atoms with Gasteiger partial charge in [0.25, 0.3) is 0 Å². The number of nitrogens with zero attached hydrogens (tertiary/aromatic N) is 2. The Bertz CT molecular complexity index is 481. The number of benzene rings is 1. The maximum Gasteiger partial charge on any atom is 0.247 e. The number of nitrogens with one attached hydrogen (secondary N) is 1. The molecule has 0 fully saturated rings. The van der Waals surface area contributed by atoms with Crippen LogP contribution in [0.3, 0.4) is 0 Å². The number of halogens is 1. The second kappa shape index (κ2) is 6.66. The lowest BCUT2D eigenvalue weighted by Crippen LogP contribution is -2.14. The normalized spacial score (nSPS) is 10.8. The number of hydrogen-bond donors (Lipinski definition) is 1. The highest BCUT2D eigenvalue weighted by Gasteiger charge is 2.07. The molecule has 0 bridgehead atoms. The van der Waals surface area contributed by atoms with E-state index in [1.54, 1.807) is 0 Å². The predicted molar refractivity (Wildman–Crippen MR) is 74.3 cm³/mol. The van der Waals surface area contributed by atoms with E-state index in [9.17, 15) is 0 Å². The summed E-state index contributed by atoms with van der Waals surface area (Å²) in [5.41, 5.74) is 0.948. The van der Waals surface area contributed by atoms with Crippen molar-refractivity contribution in [3.8, 4) is 11.5 Å². The largest absolute Gasteiger partial charge is 0.421 e. The van der Waals surface area contributed by atoms with Crippen molar-refractivity contribution in [3.63, 3.8) is 0 Å². The third-order valence-electron chi connectivity index (χ3n) is 2.55. The van der Waals surface area contributed by atoms with Gasteiger partial charge in [-0.25, -0.2) is 0 Å². The maximum absolute atomic E-state index is 5.62. The average Bonchev–Trinajstić information content (AvgIpc) is 2.84. The first kappa shape index (κ1) is 13.2. The summed E-state index contributed by atoms with van der Waals surface area (Å²) in [6.07, 6.45) is 1.83. The molecule has 0 aliphatic heterocycles. The minimum Gasteiger partial charge on any atom is -0.421 e. The Morgan fingerprint density at radius 3 is 2.72 bits per heavy atom. The molecule has 0 unspecified atom stereocenters. The molecular formula is C13H16BrN3O. The molecule has 1 aromatic carbocycles. The Labute approximate surface area is 115 Å². The summed E-state index contributed by atoms with van der Waals surface area (Å²) in [6.45, 7) is 4.07. The van der Waals surface area contributed by atoms with Gasteiger partial charge in [0.2, 0.25) is 11.8 Å². The summed E-state index contributed by atoms with van der Waals surface area (Å²) in [5, 5.41) is 11.4. The fraction of sp³-hybridized carbons (Fsp3) is 0.385. The standard InChI is InChI=1S/C13H16BrN3O/c1-2-15-9-3-4-12-16-17-13(18-12)10-5-7-11(14)8-6-10/h5-8,15H,2-4,9H2,1H3. The number of aryl methyl sites for hydroxylation is 1. The summed E-state index contributed by atoms with van der Waals surface area (Å²) in [5.74, 6) is 1.28. The fourth-order valence-corrected chi connectivity index (χ4v) is 1.87. The van der Waals surface area contributed by atoms with Crippen LogP contribution in [0.4, 0.5) is 0 Å². The highest BCUT2D eigenvalue weighted by molar-refractivity contribution is 9.10. The van der Waals surface area contributed by atoms with Gasteiger partial charge in [-0.2, -0.15) is 0 Å². The second-order valence-electron chi connectivity index (χ2n) is 3.96. The highest BCUT2D eigenvalue weighted by atomic mass is 79.9. The Morgan fingerprint density at radius 2 is 2.00 bits per heavy atom. The molecule has 0 saturated carbocycles. The molecule has 0 aliphatic rings. The first-order chi connectivity index (χ1) is 8.79. The van der Waals surface area contributed by atoms with Gasteiger partial charge in [0.15, 0.2) is 0 Å². The van der Waals surface area contributed by atoms with E-state index in [2.05, 4.69) is 38.4 Å². The van der Waals surface area contributed by atoms with Gasteiger partial charge in [-0.15, -0.1) is 10.2 Å². The molecule has 1 N–H and O–H groups in total. The monoisotopic (exact) mass is 309 g/mol. The molecule has 0 spiro atoms. The predicted octanol–water partition coefficient (Wildman–Crippen LogP) is 3.04. The SMILES string of the molecule is CCNCCCc1nnc(-c2ccc(Br)cc2)o1. The zero-order valence-corrected chi connectivity index (χ0v) is 11.9. The van der Waals surface area contributed by atoms with E-state index in [0.29, 0.717) is 11.8 Å². The molecule has 0 radical (unpaired) electrons. The van der Waals surface area contributed by atoms with E-state index in [1.807, 2.05) is 24.3 Å². The minimum atomic E-state index is 0.584. The maximum atomic E-state index is 5.62. The van der Waals surface area contributed by atoms with Crippen LogP contribution in [0.25, 0.3) is 11.5 Å². The average molecular weight is 310 g/mol. The lowest BCUT2D eigenvalue weighted by atomic mass is 10.2. The van der Waals surface area contributed by atoms with E-state index in [4.69, 9.17) is 4.42 Å². The van der Waals surface area contributed by atoms with Crippen molar-refractivity contribution in [1.29, 1.82) is 0 Å². The van der Waals surface area contributed by atoms with Crippen molar-refractivity contribution < 1.29 is 4.42 Å². The van der Waals surface area contributed by atoms with E-state index in [-0.39, 0.29) is 0 Å². The first-order valence-electron chi connectivity index (χ1n) is 6.08. The third kappa shape index (κ3) is 3.65. The van der Waals surface area contributed by atoms with Gasteiger partial charge in [-0.3, -0.25) is 0 Å². The fourth-order valence-electron chi connectivity index (χ4n) is 1.61. The van der Waals surface area contributed by atoms with Crippen LogP contribution in [0.15, 0.2) is 33.2 Å². The molecule has 0 aliphatic carbocycles. The van der Waals surface area contributed by atoms with Crippen LogP contribution in [-0.2, 0) is 6.42 Å².